The zero-order valence-corrected chi connectivity index (χ0v) is 15.3. The summed E-state index contributed by atoms with van der Waals surface area (Å²) in [5.41, 5.74) is 3.55. The predicted octanol–water partition coefficient (Wildman–Crippen LogP) is 1.48. The predicted molar refractivity (Wildman–Crippen MR) is 99.5 cm³/mol. The first-order valence-corrected chi connectivity index (χ1v) is 9.55. The highest BCUT2D eigenvalue weighted by Gasteiger charge is 2.26. The Balaban J connectivity index is 1.50. The summed E-state index contributed by atoms with van der Waals surface area (Å²) in [7, 11) is 0. The summed E-state index contributed by atoms with van der Waals surface area (Å²) in [4.78, 5) is 5.12. The van der Waals surface area contributed by atoms with Crippen molar-refractivity contribution in [2.24, 2.45) is 0 Å². The third-order valence-electron chi connectivity index (χ3n) is 5.52. The summed E-state index contributed by atoms with van der Waals surface area (Å²) in [6.45, 7) is 7.76. The van der Waals surface area contributed by atoms with Crippen molar-refractivity contribution in [3.8, 4) is 0 Å². The summed E-state index contributed by atoms with van der Waals surface area (Å²) in [6, 6.07) is 11.0. The Morgan fingerprint density at radius 2 is 1.81 bits per heavy atom. The lowest BCUT2D eigenvalue weighted by molar-refractivity contribution is 0.0197. The molecule has 0 spiro atoms. The van der Waals surface area contributed by atoms with Gasteiger partial charge in [0.1, 0.15) is 0 Å². The number of benzene rings is 1. The molecule has 0 amide bonds. The molecule has 2 aromatic rings. The van der Waals surface area contributed by atoms with E-state index in [1.165, 1.54) is 11.3 Å². The molecule has 0 aliphatic carbocycles. The topological polar surface area (TPSA) is 53.8 Å². The van der Waals surface area contributed by atoms with E-state index in [1.54, 1.807) is 0 Å². The van der Waals surface area contributed by atoms with Crippen molar-refractivity contribution >= 4 is 0 Å². The fourth-order valence-electron chi connectivity index (χ4n) is 3.94. The van der Waals surface area contributed by atoms with Crippen LogP contribution in [-0.2, 0) is 31.0 Å². The minimum absolute atomic E-state index is 0.100. The van der Waals surface area contributed by atoms with Gasteiger partial charge in [-0.2, -0.15) is 5.10 Å². The first-order valence-electron chi connectivity index (χ1n) is 9.55. The molecule has 1 unspecified atom stereocenters. The maximum Gasteiger partial charge on any atom is 0.0681 e. The smallest absolute Gasteiger partial charge is 0.0681 e. The highest BCUT2D eigenvalue weighted by molar-refractivity contribution is 5.22. The number of aliphatic hydroxyl groups is 1. The van der Waals surface area contributed by atoms with Gasteiger partial charge >= 0.3 is 0 Å². The summed E-state index contributed by atoms with van der Waals surface area (Å²) in [6.07, 6.45) is 3.02. The van der Waals surface area contributed by atoms with Crippen molar-refractivity contribution in [2.45, 2.75) is 38.7 Å². The molecule has 6 heteroatoms. The van der Waals surface area contributed by atoms with Crippen LogP contribution in [0.4, 0.5) is 0 Å². The Morgan fingerprint density at radius 1 is 1.04 bits per heavy atom. The van der Waals surface area contributed by atoms with Gasteiger partial charge in [-0.15, -0.1) is 0 Å². The molecule has 2 aliphatic heterocycles. The van der Waals surface area contributed by atoms with Crippen LogP contribution >= 0.6 is 0 Å². The first kappa shape index (κ1) is 17.7. The lowest BCUT2D eigenvalue weighted by atomic mass is 10.1. The van der Waals surface area contributed by atoms with Crippen LogP contribution in [0.25, 0.3) is 0 Å². The zero-order chi connectivity index (χ0) is 17.8. The maximum atomic E-state index is 9.26. The number of morpholine rings is 1. The maximum absolute atomic E-state index is 9.26. The van der Waals surface area contributed by atoms with E-state index in [0.717, 1.165) is 64.5 Å². The van der Waals surface area contributed by atoms with Crippen LogP contribution < -0.4 is 0 Å². The minimum atomic E-state index is 0.100. The summed E-state index contributed by atoms with van der Waals surface area (Å²) in [5, 5.41) is 13.8. The van der Waals surface area contributed by atoms with Crippen LogP contribution in [0, 0.1) is 0 Å². The zero-order valence-electron chi connectivity index (χ0n) is 15.3. The number of aromatic nitrogens is 2. The van der Waals surface area contributed by atoms with Crippen LogP contribution in [0.1, 0.15) is 23.2 Å². The van der Waals surface area contributed by atoms with E-state index in [1.807, 2.05) is 18.3 Å². The second-order valence-corrected chi connectivity index (χ2v) is 7.28. The van der Waals surface area contributed by atoms with Crippen molar-refractivity contribution in [3.05, 3.63) is 53.3 Å². The van der Waals surface area contributed by atoms with Crippen LogP contribution in [0.2, 0.25) is 0 Å². The fraction of sp³-hybridized carbons (Fsp3) is 0.550. The molecule has 6 nitrogen and oxygen atoms in total. The second-order valence-electron chi connectivity index (χ2n) is 7.28. The molecule has 4 rings (SSSR count). The Morgan fingerprint density at radius 3 is 2.58 bits per heavy atom. The fourth-order valence-corrected chi connectivity index (χ4v) is 3.94. The Hall–Kier alpha value is -1.73. The van der Waals surface area contributed by atoms with Gasteiger partial charge in [-0.05, 0) is 23.6 Å². The van der Waals surface area contributed by atoms with Crippen molar-refractivity contribution in [3.63, 3.8) is 0 Å². The van der Waals surface area contributed by atoms with Gasteiger partial charge in [0.05, 0.1) is 25.5 Å². The lowest BCUT2D eigenvalue weighted by Crippen LogP contribution is -2.46. The number of hydrogen-bond acceptors (Lipinski definition) is 5. The molecule has 0 bridgehead atoms. The molecule has 3 heterocycles. The number of rotatable bonds is 5. The van der Waals surface area contributed by atoms with E-state index >= 15 is 0 Å². The molecule has 1 saturated heterocycles. The Labute approximate surface area is 155 Å². The first-order chi connectivity index (χ1) is 12.8. The van der Waals surface area contributed by atoms with Gasteiger partial charge in [0.2, 0.25) is 0 Å². The summed E-state index contributed by atoms with van der Waals surface area (Å²) >= 11 is 0. The Kier molecular flexibility index (Phi) is 5.65. The average Bonchev–Trinajstić information content (AvgIpc) is 3.07. The van der Waals surface area contributed by atoms with Gasteiger partial charge in [0.25, 0.3) is 0 Å². The highest BCUT2D eigenvalue weighted by Crippen LogP contribution is 2.21. The molecule has 1 atom stereocenters. The van der Waals surface area contributed by atoms with Gasteiger partial charge in [-0.3, -0.25) is 14.5 Å². The van der Waals surface area contributed by atoms with E-state index < -0.39 is 0 Å². The number of aryl methyl sites for hydroxylation is 1. The largest absolute Gasteiger partial charge is 0.392 e. The number of fused-ring (bicyclic) bond motifs is 1. The minimum Gasteiger partial charge on any atom is -0.392 e. The third-order valence-corrected chi connectivity index (χ3v) is 5.52. The molecular formula is C20H28N4O2. The second kappa shape index (κ2) is 8.31. The number of hydrogen-bond donors (Lipinski definition) is 1. The quantitative estimate of drug-likeness (QED) is 0.880. The van der Waals surface area contributed by atoms with Crippen LogP contribution in [0.3, 0.4) is 0 Å². The standard InChI is InChI=1S/C20H28N4O2/c25-16-18-3-1-17(2-4-18)13-23-15-20-5-7-21-24(20)8-6-19(23)14-22-9-11-26-12-10-22/h1-5,7,19,25H,6,8-16H2. The van der Waals surface area contributed by atoms with Crippen molar-refractivity contribution in [2.75, 3.05) is 32.8 Å². The number of aliphatic hydroxyl groups excluding tert-OH is 1. The SMILES string of the molecule is OCc1ccc(CN2Cc3ccnn3CCC2CN2CCOCC2)cc1. The van der Waals surface area contributed by atoms with Gasteiger partial charge in [-0.1, -0.05) is 24.3 Å². The number of nitrogens with zero attached hydrogens (tertiary/aromatic N) is 4. The lowest BCUT2D eigenvalue weighted by Gasteiger charge is -2.35. The highest BCUT2D eigenvalue weighted by atomic mass is 16.5. The summed E-state index contributed by atoms with van der Waals surface area (Å²) < 4.78 is 7.66. The van der Waals surface area contributed by atoms with Crippen LogP contribution in [0.5, 0.6) is 0 Å². The molecule has 0 radical (unpaired) electrons. The van der Waals surface area contributed by atoms with E-state index in [0.29, 0.717) is 6.04 Å². The van der Waals surface area contributed by atoms with Crippen molar-refractivity contribution < 1.29 is 9.84 Å². The van der Waals surface area contributed by atoms with Gasteiger partial charge in [0.15, 0.2) is 0 Å². The van der Waals surface area contributed by atoms with Gasteiger partial charge in [0, 0.05) is 51.5 Å². The van der Waals surface area contributed by atoms with Crippen LogP contribution in [0.15, 0.2) is 36.5 Å². The van der Waals surface area contributed by atoms with Crippen LogP contribution in [-0.4, -0.2) is 63.6 Å². The monoisotopic (exact) mass is 356 g/mol. The van der Waals surface area contributed by atoms with E-state index in [9.17, 15) is 5.11 Å². The molecule has 1 N–H and O–H groups in total. The third kappa shape index (κ3) is 4.15. The number of ether oxygens (including phenoxy) is 1. The molecular weight excluding hydrogens is 328 g/mol. The van der Waals surface area contributed by atoms with Crippen molar-refractivity contribution in [1.29, 1.82) is 0 Å². The molecule has 26 heavy (non-hydrogen) atoms. The molecule has 1 fully saturated rings. The molecule has 1 aromatic heterocycles. The van der Waals surface area contributed by atoms with E-state index in [2.05, 4.69) is 37.8 Å². The van der Waals surface area contributed by atoms with Crippen molar-refractivity contribution in [1.82, 2.24) is 19.6 Å². The van der Waals surface area contributed by atoms with Gasteiger partial charge < -0.3 is 9.84 Å². The Bertz CT molecular complexity index is 694. The molecule has 0 saturated carbocycles. The average molecular weight is 356 g/mol. The van der Waals surface area contributed by atoms with E-state index in [-0.39, 0.29) is 6.61 Å². The molecule has 1 aromatic carbocycles. The van der Waals surface area contributed by atoms with Gasteiger partial charge in [-0.25, -0.2) is 0 Å². The normalized spacial score (nSPS) is 22.1. The van der Waals surface area contributed by atoms with E-state index in [4.69, 9.17) is 4.74 Å². The molecule has 140 valence electrons. The summed E-state index contributed by atoms with van der Waals surface area (Å²) in [5.74, 6) is 0. The molecule has 2 aliphatic rings.